The second kappa shape index (κ2) is 6.36. The van der Waals surface area contributed by atoms with Crippen LogP contribution >= 0.6 is 11.3 Å². The van der Waals surface area contributed by atoms with Crippen molar-refractivity contribution in [3.8, 4) is 5.75 Å². The molecule has 2 aromatic rings. The third-order valence-corrected chi connectivity index (χ3v) is 4.44. The van der Waals surface area contributed by atoms with Crippen LogP contribution in [0.1, 0.15) is 11.8 Å². The van der Waals surface area contributed by atoms with Crippen molar-refractivity contribution in [2.75, 3.05) is 4.90 Å². The van der Waals surface area contributed by atoms with Crippen LogP contribution in [0.25, 0.3) is 6.08 Å². The number of ether oxygens (including phenoxy) is 1. The highest BCUT2D eigenvalue weighted by Crippen LogP contribution is 2.39. The third-order valence-electron chi connectivity index (χ3n) is 3.62. The number of amides is 1. The zero-order valence-corrected chi connectivity index (χ0v) is 13.7. The lowest BCUT2D eigenvalue weighted by atomic mass is 10.1. The molecule has 0 bridgehead atoms. The second-order valence-corrected chi connectivity index (χ2v) is 6.20. The Hall–Kier alpha value is -3.20. The highest BCUT2D eigenvalue weighted by molar-refractivity contribution is 7.10. The highest BCUT2D eigenvalue weighted by atomic mass is 32.1. The fourth-order valence-corrected chi connectivity index (χ4v) is 3.02. The average Bonchev–Trinajstić information content (AvgIpc) is 3.07. The fraction of sp³-hybridized carbons (Fsp3) is 0.125. The van der Waals surface area contributed by atoms with Gasteiger partial charge in [-0.1, -0.05) is 6.07 Å². The Kier molecular flexibility index (Phi) is 4.24. The van der Waals surface area contributed by atoms with Crippen molar-refractivity contribution in [1.29, 1.82) is 0 Å². The van der Waals surface area contributed by atoms with Gasteiger partial charge in [-0.05, 0) is 24.4 Å². The summed E-state index contributed by atoms with van der Waals surface area (Å²) in [6.07, 6.45) is 1.51. The maximum absolute atomic E-state index is 12.7. The number of non-ortho nitro benzene ring substituents is 1. The minimum Gasteiger partial charge on any atom is -0.480 e. The molecule has 0 saturated carbocycles. The summed E-state index contributed by atoms with van der Waals surface area (Å²) in [5, 5.41) is 22.1. The lowest BCUT2D eigenvalue weighted by Gasteiger charge is -2.32. The molecule has 1 unspecified atom stereocenters. The van der Waals surface area contributed by atoms with Crippen LogP contribution in [-0.4, -0.2) is 27.9 Å². The van der Waals surface area contributed by atoms with Crippen molar-refractivity contribution in [2.45, 2.75) is 13.0 Å². The quantitative estimate of drug-likeness (QED) is 0.510. The molecule has 1 atom stereocenters. The highest BCUT2D eigenvalue weighted by Gasteiger charge is 2.37. The number of thiophene rings is 1. The molecule has 9 heteroatoms. The van der Waals surface area contributed by atoms with Crippen LogP contribution < -0.4 is 9.64 Å². The summed E-state index contributed by atoms with van der Waals surface area (Å²) in [5.41, 5.74) is -0.208. The van der Waals surface area contributed by atoms with E-state index in [9.17, 15) is 24.8 Å². The Bertz CT molecular complexity index is 890. The van der Waals surface area contributed by atoms with E-state index in [1.165, 1.54) is 36.5 Å². The summed E-state index contributed by atoms with van der Waals surface area (Å²) in [6, 6.07) is 6.09. The van der Waals surface area contributed by atoms with E-state index in [1.54, 1.807) is 12.1 Å². The lowest BCUT2D eigenvalue weighted by Crippen LogP contribution is -2.47. The summed E-state index contributed by atoms with van der Waals surface area (Å²) in [6.45, 7) is 1.33. The molecular weight excluding hydrogens is 348 g/mol. The molecule has 8 nitrogen and oxygen atoms in total. The standard InChI is InChI=1S/C16H12N2O6S/c1-9(16(20)21)17-12-7-10(18(22)23)4-5-13(12)24-14(15(17)19)8-11-3-2-6-25-11/h2-9H,1H3,(H,20,21)/b14-8+. The summed E-state index contributed by atoms with van der Waals surface area (Å²) in [7, 11) is 0. The van der Waals surface area contributed by atoms with Gasteiger partial charge >= 0.3 is 5.97 Å². The van der Waals surface area contributed by atoms with Crippen LogP contribution in [0, 0.1) is 10.1 Å². The van der Waals surface area contributed by atoms with Gasteiger partial charge in [0, 0.05) is 23.1 Å². The number of fused-ring (bicyclic) bond motifs is 1. The Balaban J connectivity index is 2.13. The molecule has 1 amide bonds. The molecule has 25 heavy (non-hydrogen) atoms. The van der Waals surface area contributed by atoms with Crippen LogP contribution in [0.15, 0.2) is 41.5 Å². The number of benzene rings is 1. The van der Waals surface area contributed by atoms with E-state index >= 15 is 0 Å². The molecule has 0 spiro atoms. The van der Waals surface area contributed by atoms with E-state index in [2.05, 4.69) is 0 Å². The predicted molar refractivity (Wildman–Crippen MR) is 90.6 cm³/mol. The van der Waals surface area contributed by atoms with Gasteiger partial charge in [0.1, 0.15) is 6.04 Å². The summed E-state index contributed by atoms with van der Waals surface area (Å²) < 4.78 is 5.57. The predicted octanol–water partition coefficient (Wildman–Crippen LogP) is 2.90. The molecule has 0 fully saturated rings. The molecule has 2 heterocycles. The number of anilines is 1. The van der Waals surface area contributed by atoms with Gasteiger partial charge in [0.2, 0.25) is 0 Å². The number of hydrogen-bond donors (Lipinski definition) is 1. The van der Waals surface area contributed by atoms with Crippen LogP contribution in [0.2, 0.25) is 0 Å². The van der Waals surface area contributed by atoms with Gasteiger partial charge in [-0.15, -0.1) is 11.3 Å². The van der Waals surface area contributed by atoms with Gasteiger partial charge in [-0.25, -0.2) is 4.79 Å². The van der Waals surface area contributed by atoms with Crippen molar-refractivity contribution < 1.29 is 24.4 Å². The first-order chi connectivity index (χ1) is 11.9. The van der Waals surface area contributed by atoms with Crippen LogP contribution in [0.5, 0.6) is 5.75 Å². The molecule has 1 N–H and O–H groups in total. The molecule has 1 aromatic heterocycles. The van der Waals surface area contributed by atoms with Crippen molar-refractivity contribution in [2.24, 2.45) is 0 Å². The van der Waals surface area contributed by atoms with E-state index in [-0.39, 0.29) is 22.9 Å². The molecule has 3 rings (SSSR count). The normalized spacial score (nSPS) is 16.3. The van der Waals surface area contributed by atoms with Crippen LogP contribution in [0.4, 0.5) is 11.4 Å². The number of rotatable bonds is 4. The van der Waals surface area contributed by atoms with Gasteiger partial charge in [0.15, 0.2) is 11.5 Å². The van der Waals surface area contributed by atoms with Crippen molar-refractivity contribution in [1.82, 2.24) is 0 Å². The number of aliphatic carboxylic acids is 1. The average molecular weight is 360 g/mol. The molecule has 128 valence electrons. The third kappa shape index (κ3) is 3.09. The van der Waals surface area contributed by atoms with Gasteiger partial charge in [0.25, 0.3) is 11.6 Å². The SMILES string of the molecule is CC(C(=O)O)N1C(=O)/C(=C\c2cccs2)Oc2ccc([N+](=O)[O-])cc21. The maximum atomic E-state index is 12.7. The zero-order chi connectivity index (χ0) is 18.1. The summed E-state index contributed by atoms with van der Waals surface area (Å²) >= 11 is 1.39. The second-order valence-electron chi connectivity index (χ2n) is 5.22. The number of hydrogen-bond acceptors (Lipinski definition) is 6. The van der Waals surface area contributed by atoms with Crippen LogP contribution in [0.3, 0.4) is 0 Å². The Morgan fingerprint density at radius 2 is 2.20 bits per heavy atom. The Labute approximate surface area is 145 Å². The molecule has 0 aliphatic carbocycles. The molecule has 0 radical (unpaired) electrons. The first kappa shape index (κ1) is 16.7. The monoisotopic (exact) mass is 360 g/mol. The van der Waals surface area contributed by atoms with E-state index in [1.807, 2.05) is 5.38 Å². The Morgan fingerprint density at radius 1 is 1.44 bits per heavy atom. The topological polar surface area (TPSA) is 110 Å². The molecule has 1 aromatic carbocycles. The maximum Gasteiger partial charge on any atom is 0.326 e. The van der Waals surface area contributed by atoms with Gasteiger partial charge in [-0.3, -0.25) is 19.8 Å². The zero-order valence-electron chi connectivity index (χ0n) is 12.9. The number of carbonyl (C=O) groups is 2. The van der Waals surface area contributed by atoms with Crippen molar-refractivity contribution >= 4 is 40.7 Å². The van der Waals surface area contributed by atoms with E-state index in [0.29, 0.717) is 0 Å². The smallest absolute Gasteiger partial charge is 0.326 e. The number of carbonyl (C=O) groups excluding carboxylic acids is 1. The van der Waals surface area contributed by atoms with Crippen molar-refractivity contribution in [3.05, 3.63) is 56.5 Å². The van der Waals surface area contributed by atoms with Gasteiger partial charge < -0.3 is 9.84 Å². The van der Waals surface area contributed by atoms with Gasteiger partial charge in [-0.2, -0.15) is 0 Å². The number of nitrogens with zero attached hydrogens (tertiary/aromatic N) is 2. The minimum atomic E-state index is -1.23. The Morgan fingerprint density at radius 3 is 2.80 bits per heavy atom. The number of carboxylic acids is 1. The van der Waals surface area contributed by atoms with E-state index < -0.39 is 22.8 Å². The molecular formula is C16H12N2O6S. The number of nitro benzene ring substituents is 1. The first-order valence-electron chi connectivity index (χ1n) is 7.16. The largest absolute Gasteiger partial charge is 0.480 e. The van der Waals surface area contributed by atoms with Crippen molar-refractivity contribution in [3.63, 3.8) is 0 Å². The molecule has 1 aliphatic rings. The summed E-state index contributed by atoms with van der Waals surface area (Å²) in [5.74, 6) is -1.77. The summed E-state index contributed by atoms with van der Waals surface area (Å²) in [4.78, 5) is 36.3. The van der Waals surface area contributed by atoms with E-state index in [0.717, 1.165) is 15.8 Å². The first-order valence-corrected chi connectivity index (χ1v) is 8.04. The van der Waals surface area contributed by atoms with Crippen LogP contribution in [-0.2, 0) is 9.59 Å². The number of nitro groups is 1. The molecule has 0 saturated heterocycles. The lowest BCUT2D eigenvalue weighted by molar-refractivity contribution is -0.384. The fourth-order valence-electron chi connectivity index (χ4n) is 2.37. The minimum absolute atomic E-state index is 0.0445. The van der Waals surface area contributed by atoms with Gasteiger partial charge in [0.05, 0.1) is 10.6 Å². The van der Waals surface area contributed by atoms with E-state index in [4.69, 9.17) is 4.74 Å². The molecule has 1 aliphatic heterocycles. The number of carboxylic acid groups (broad SMARTS) is 1.